The fourth-order valence-electron chi connectivity index (χ4n) is 4.27. The molecular weight excluding hydrogens is 368 g/mol. The number of aromatic nitrogens is 3. The Morgan fingerprint density at radius 1 is 1.28 bits per heavy atom. The summed E-state index contributed by atoms with van der Waals surface area (Å²) in [4.78, 5) is 19.4. The van der Waals surface area contributed by atoms with Crippen molar-refractivity contribution in [3.63, 3.8) is 0 Å². The number of methoxy groups -OCH3 is 1. The average molecular weight is 399 g/mol. The number of nitrogens with zero attached hydrogens (tertiary/aromatic N) is 6. The molecule has 1 aromatic heterocycles. The third-order valence-electron chi connectivity index (χ3n) is 6.00. The lowest BCUT2D eigenvalue weighted by molar-refractivity contribution is -0.132. The molecule has 156 valence electrons. The van der Waals surface area contributed by atoms with Crippen molar-refractivity contribution >= 4 is 11.6 Å². The number of rotatable bonds is 6. The highest BCUT2D eigenvalue weighted by Crippen LogP contribution is 2.32. The Morgan fingerprint density at radius 2 is 2.14 bits per heavy atom. The number of amides is 1. The second-order valence-electron chi connectivity index (χ2n) is 7.98. The van der Waals surface area contributed by atoms with Crippen LogP contribution in [0.4, 0.5) is 5.69 Å². The topological polar surface area (TPSA) is 66.7 Å². The summed E-state index contributed by atoms with van der Waals surface area (Å²) in [6.07, 6.45) is 2.46. The lowest BCUT2D eigenvalue weighted by Crippen LogP contribution is -2.36. The first-order valence-corrected chi connectivity index (χ1v) is 10.3. The van der Waals surface area contributed by atoms with Crippen LogP contribution in [-0.4, -0.2) is 71.3 Å². The van der Waals surface area contributed by atoms with Gasteiger partial charge in [0.2, 0.25) is 5.91 Å². The van der Waals surface area contributed by atoms with Gasteiger partial charge in [0, 0.05) is 51.4 Å². The normalized spacial score (nSPS) is 19.3. The molecule has 8 heteroatoms. The van der Waals surface area contributed by atoms with E-state index in [1.165, 1.54) is 0 Å². The first-order chi connectivity index (χ1) is 14.1. The molecular formula is C21H30N6O2. The Labute approximate surface area is 172 Å². The summed E-state index contributed by atoms with van der Waals surface area (Å²) >= 11 is 0. The maximum absolute atomic E-state index is 13.0. The zero-order valence-electron chi connectivity index (χ0n) is 17.5. The monoisotopic (exact) mass is 398 g/mol. The average Bonchev–Trinajstić information content (AvgIpc) is 3.38. The summed E-state index contributed by atoms with van der Waals surface area (Å²) in [6, 6.07) is 7.96. The molecule has 1 atom stereocenters. The predicted molar refractivity (Wildman–Crippen MR) is 111 cm³/mol. The molecule has 0 N–H and O–H groups in total. The maximum Gasteiger partial charge on any atom is 0.224 e. The SMILES string of the molecule is COc1cccc(N(C)CCC(=O)N2CCC[C@H]2c2nnc3n2CCN(C)C3)c1. The summed E-state index contributed by atoms with van der Waals surface area (Å²) < 4.78 is 7.52. The molecule has 0 radical (unpaired) electrons. The second kappa shape index (κ2) is 8.41. The molecule has 3 heterocycles. The van der Waals surface area contributed by atoms with Crippen LogP contribution in [0, 0.1) is 0 Å². The van der Waals surface area contributed by atoms with E-state index in [1.807, 2.05) is 36.2 Å². The third kappa shape index (κ3) is 4.07. The number of likely N-dealkylation sites (tertiary alicyclic amines) is 1. The van der Waals surface area contributed by atoms with Gasteiger partial charge in [-0.2, -0.15) is 0 Å². The van der Waals surface area contributed by atoms with Gasteiger partial charge in [-0.25, -0.2) is 0 Å². The van der Waals surface area contributed by atoms with Crippen LogP contribution >= 0.6 is 0 Å². The van der Waals surface area contributed by atoms with Crippen molar-refractivity contribution in [2.75, 3.05) is 45.7 Å². The molecule has 0 saturated carbocycles. The number of hydrogen-bond acceptors (Lipinski definition) is 6. The Hall–Kier alpha value is -2.61. The van der Waals surface area contributed by atoms with Crippen molar-refractivity contribution in [2.45, 2.75) is 38.4 Å². The van der Waals surface area contributed by atoms with Gasteiger partial charge < -0.3 is 19.1 Å². The van der Waals surface area contributed by atoms with E-state index in [-0.39, 0.29) is 11.9 Å². The molecule has 1 saturated heterocycles. The minimum Gasteiger partial charge on any atom is -0.497 e. The van der Waals surface area contributed by atoms with E-state index in [4.69, 9.17) is 4.74 Å². The van der Waals surface area contributed by atoms with Crippen LogP contribution in [0.5, 0.6) is 5.75 Å². The van der Waals surface area contributed by atoms with Crippen molar-refractivity contribution in [3.8, 4) is 5.75 Å². The number of carbonyl (C=O) groups excluding carboxylic acids is 1. The number of likely N-dealkylation sites (N-methyl/N-ethyl adjacent to an activating group) is 1. The van der Waals surface area contributed by atoms with E-state index in [0.29, 0.717) is 13.0 Å². The molecule has 1 fully saturated rings. The van der Waals surface area contributed by atoms with Crippen molar-refractivity contribution in [3.05, 3.63) is 35.9 Å². The van der Waals surface area contributed by atoms with Gasteiger partial charge in [0.1, 0.15) is 11.6 Å². The van der Waals surface area contributed by atoms with Gasteiger partial charge in [-0.05, 0) is 32.0 Å². The van der Waals surface area contributed by atoms with Crippen molar-refractivity contribution in [1.29, 1.82) is 0 Å². The minimum atomic E-state index is 0.0503. The molecule has 2 aliphatic rings. The van der Waals surface area contributed by atoms with Crippen LogP contribution in [-0.2, 0) is 17.9 Å². The molecule has 2 aromatic rings. The van der Waals surface area contributed by atoms with E-state index in [2.05, 4.69) is 31.6 Å². The highest BCUT2D eigenvalue weighted by Gasteiger charge is 2.34. The quantitative estimate of drug-likeness (QED) is 0.741. The summed E-state index contributed by atoms with van der Waals surface area (Å²) in [5, 5.41) is 8.87. The van der Waals surface area contributed by atoms with Crippen LogP contribution in [0.3, 0.4) is 0 Å². The molecule has 0 spiro atoms. The Morgan fingerprint density at radius 3 is 2.97 bits per heavy atom. The Balaban J connectivity index is 1.41. The van der Waals surface area contributed by atoms with E-state index in [1.54, 1.807) is 7.11 Å². The minimum absolute atomic E-state index is 0.0503. The third-order valence-corrected chi connectivity index (χ3v) is 6.00. The van der Waals surface area contributed by atoms with Crippen LogP contribution in [0.1, 0.15) is 37.0 Å². The number of carbonyl (C=O) groups is 1. The molecule has 1 amide bonds. The number of hydrogen-bond donors (Lipinski definition) is 0. The number of fused-ring (bicyclic) bond motifs is 1. The molecule has 0 bridgehead atoms. The molecule has 8 nitrogen and oxygen atoms in total. The van der Waals surface area contributed by atoms with Crippen LogP contribution in [0.25, 0.3) is 0 Å². The zero-order valence-corrected chi connectivity index (χ0v) is 17.5. The van der Waals surface area contributed by atoms with Gasteiger partial charge in [-0.3, -0.25) is 9.69 Å². The summed E-state index contributed by atoms with van der Waals surface area (Å²) in [5.41, 5.74) is 1.05. The molecule has 4 rings (SSSR count). The van der Waals surface area contributed by atoms with Gasteiger partial charge in [0.05, 0.1) is 19.7 Å². The first-order valence-electron chi connectivity index (χ1n) is 10.3. The number of anilines is 1. The van der Waals surface area contributed by atoms with Gasteiger partial charge >= 0.3 is 0 Å². The van der Waals surface area contributed by atoms with Gasteiger partial charge in [0.25, 0.3) is 0 Å². The smallest absolute Gasteiger partial charge is 0.224 e. The lowest BCUT2D eigenvalue weighted by Gasteiger charge is -2.28. The molecule has 0 aliphatic carbocycles. The fraction of sp³-hybridized carbons (Fsp3) is 0.571. The van der Waals surface area contributed by atoms with Gasteiger partial charge in [-0.1, -0.05) is 6.07 Å². The highest BCUT2D eigenvalue weighted by molar-refractivity contribution is 5.77. The molecule has 29 heavy (non-hydrogen) atoms. The van der Waals surface area contributed by atoms with Crippen LogP contribution in [0.2, 0.25) is 0 Å². The van der Waals surface area contributed by atoms with Crippen molar-refractivity contribution in [1.82, 2.24) is 24.6 Å². The summed E-state index contributed by atoms with van der Waals surface area (Å²) in [7, 11) is 5.77. The standard InChI is InChI=1S/C21H30N6O2/c1-24-12-13-27-19(15-24)22-23-21(27)18-8-5-10-26(18)20(28)9-11-25(2)16-6-4-7-17(14-16)29-3/h4,6-7,14,18H,5,8-13,15H2,1-3H3/t18-/m0/s1. The summed E-state index contributed by atoms with van der Waals surface area (Å²) in [6.45, 7) is 4.17. The van der Waals surface area contributed by atoms with Crippen molar-refractivity contribution < 1.29 is 9.53 Å². The van der Waals surface area contributed by atoms with Gasteiger partial charge in [0.15, 0.2) is 5.82 Å². The van der Waals surface area contributed by atoms with E-state index >= 15 is 0 Å². The van der Waals surface area contributed by atoms with Gasteiger partial charge in [-0.15, -0.1) is 10.2 Å². The number of benzene rings is 1. The predicted octanol–water partition coefficient (Wildman–Crippen LogP) is 1.92. The zero-order chi connectivity index (χ0) is 20.4. The van der Waals surface area contributed by atoms with E-state index in [0.717, 1.165) is 62.1 Å². The molecule has 2 aliphatic heterocycles. The lowest BCUT2D eigenvalue weighted by atomic mass is 10.2. The number of ether oxygens (including phenoxy) is 1. The van der Waals surface area contributed by atoms with E-state index < -0.39 is 0 Å². The molecule has 0 unspecified atom stereocenters. The summed E-state index contributed by atoms with van der Waals surface area (Å²) in [5.74, 6) is 2.97. The maximum atomic E-state index is 13.0. The fourth-order valence-corrected chi connectivity index (χ4v) is 4.27. The molecule has 1 aromatic carbocycles. The van der Waals surface area contributed by atoms with Crippen LogP contribution < -0.4 is 9.64 Å². The highest BCUT2D eigenvalue weighted by atomic mass is 16.5. The van der Waals surface area contributed by atoms with E-state index in [9.17, 15) is 4.79 Å². The van der Waals surface area contributed by atoms with Crippen molar-refractivity contribution in [2.24, 2.45) is 0 Å². The first kappa shape index (κ1) is 19.7. The largest absolute Gasteiger partial charge is 0.497 e. The Bertz CT molecular complexity index is 867. The Kier molecular flexibility index (Phi) is 5.71. The second-order valence-corrected chi connectivity index (χ2v) is 7.98. The van der Waals surface area contributed by atoms with Crippen LogP contribution in [0.15, 0.2) is 24.3 Å².